The SMILES string of the molecule is COc1cc(N2CCc3nc(-c4ccc(Cl)cc4)sc3C2=O)ccc1OCCNCC(C)C. The summed E-state index contributed by atoms with van der Waals surface area (Å²) >= 11 is 7.42. The Kier molecular flexibility index (Phi) is 7.53. The van der Waals surface area contributed by atoms with Crippen molar-refractivity contribution in [2.24, 2.45) is 5.92 Å². The lowest BCUT2D eigenvalue weighted by Crippen LogP contribution is -2.36. The number of thiazole rings is 1. The number of ether oxygens (including phenoxy) is 2. The van der Waals surface area contributed by atoms with Gasteiger partial charge in [0, 0.05) is 41.9 Å². The summed E-state index contributed by atoms with van der Waals surface area (Å²) in [5, 5.41) is 4.87. The quantitative estimate of drug-likeness (QED) is 0.417. The Morgan fingerprint density at radius 1 is 1.18 bits per heavy atom. The molecule has 174 valence electrons. The zero-order valence-electron chi connectivity index (χ0n) is 19.1. The zero-order chi connectivity index (χ0) is 23.4. The fraction of sp³-hybridized carbons (Fsp3) is 0.360. The normalized spacial score (nSPS) is 13.4. The molecule has 1 aliphatic heterocycles. The van der Waals surface area contributed by atoms with Gasteiger partial charge in [-0.15, -0.1) is 11.3 Å². The van der Waals surface area contributed by atoms with Crippen molar-refractivity contribution >= 4 is 34.5 Å². The summed E-state index contributed by atoms with van der Waals surface area (Å²) in [6.07, 6.45) is 0.702. The molecule has 4 rings (SSSR count). The van der Waals surface area contributed by atoms with E-state index in [9.17, 15) is 4.79 Å². The predicted octanol–water partition coefficient (Wildman–Crippen LogP) is 5.30. The van der Waals surface area contributed by atoms with Gasteiger partial charge in [0.15, 0.2) is 11.5 Å². The number of halogens is 1. The number of carbonyl (C=O) groups excluding carboxylic acids is 1. The summed E-state index contributed by atoms with van der Waals surface area (Å²) in [5.74, 6) is 1.84. The standard InChI is InChI=1S/C25H28ClN3O3S/c1-16(2)15-27-11-13-32-21-9-8-19(14-22(21)31-3)29-12-10-20-23(25(29)30)33-24(28-20)17-4-6-18(26)7-5-17/h4-9,14,16,27H,10-13,15H2,1-3H3. The van der Waals surface area contributed by atoms with Gasteiger partial charge in [-0.05, 0) is 36.7 Å². The number of methoxy groups -OCH3 is 1. The Balaban J connectivity index is 1.47. The van der Waals surface area contributed by atoms with E-state index in [2.05, 4.69) is 19.2 Å². The van der Waals surface area contributed by atoms with E-state index in [1.807, 2.05) is 42.5 Å². The van der Waals surface area contributed by atoms with E-state index >= 15 is 0 Å². The summed E-state index contributed by atoms with van der Waals surface area (Å²) in [6.45, 7) is 7.17. The van der Waals surface area contributed by atoms with Crippen LogP contribution in [0.2, 0.25) is 5.02 Å². The number of hydrogen-bond donors (Lipinski definition) is 1. The largest absolute Gasteiger partial charge is 0.493 e. The Bertz CT molecular complexity index is 1110. The minimum atomic E-state index is -0.0393. The van der Waals surface area contributed by atoms with Crippen LogP contribution in [0, 0.1) is 5.92 Å². The zero-order valence-corrected chi connectivity index (χ0v) is 20.6. The Morgan fingerprint density at radius 3 is 2.70 bits per heavy atom. The first-order valence-electron chi connectivity index (χ1n) is 11.1. The highest BCUT2D eigenvalue weighted by Crippen LogP contribution is 2.36. The molecule has 0 fully saturated rings. The van der Waals surface area contributed by atoms with Gasteiger partial charge in [-0.25, -0.2) is 4.98 Å². The van der Waals surface area contributed by atoms with Crippen molar-refractivity contribution in [3.63, 3.8) is 0 Å². The number of carbonyl (C=O) groups is 1. The molecule has 1 aromatic heterocycles. The van der Waals surface area contributed by atoms with Crippen LogP contribution in [-0.2, 0) is 6.42 Å². The van der Waals surface area contributed by atoms with Crippen molar-refractivity contribution in [1.29, 1.82) is 0 Å². The smallest absolute Gasteiger partial charge is 0.270 e. The van der Waals surface area contributed by atoms with Gasteiger partial charge in [-0.1, -0.05) is 37.6 Å². The number of amides is 1. The van der Waals surface area contributed by atoms with E-state index in [4.69, 9.17) is 26.1 Å². The number of benzene rings is 2. The number of nitrogens with one attached hydrogen (secondary N) is 1. The van der Waals surface area contributed by atoms with Gasteiger partial charge >= 0.3 is 0 Å². The summed E-state index contributed by atoms with van der Waals surface area (Å²) in [6, 6.07) is 13.2. The molecule has 0 radical (unpaired) electrons. The van der Waals surface area contributed by atoms with Crippen LogP contribution in [0.3, 0.4) is 0 Å². The van der Waals surface area contributed by atoms with Crippen molar-refractivity contribution in [3.05, 3.63) is 58.1 Å². The minimum Gasteiger partial charge on any atom is -0.493 e. The molecule has 0 bridgehead atoms. The number of anilines is 1. The Hall–Kier alpha value is -2.61. The number of rotatable bonds is 9. The van der Waals surface area contributed by atoms with Crippen molar-refractivity contribution in [3.8, 4) is 22.1 Å². The van der Waals surface area contributed by atoms with Crippen molar-refractivity contribution in [2.75, 3.05) is 38.3 Å². The molecule has 6 nitrogen and oxygen atoms in total. The van der Waals surface area contributed by atoms with Crippen LogP contribution in [0.5, 0.6) is 11.5 Å². The summed E-state index contributed by atoms with van der Waals surface area (Å²) in [5.41, 5.74) is 2.60. The van der Waals surface area contributed by atoms with Crippen molar-refractivity contribution in [2.45, 2.75) is 20.3 Å². The molecule has 0 atom stereocenters. The molecule has 1 amide bonds. The average Bonchev–Trinajstić information content (AvgIpc) is 3.25. The maximum Gasteiger partial charge on any atom is 0.270 e. The maximum absolute atomic E-state index is 13.3. The molecular weight excluding hydrogens is 458 g/mol. The first-order valence-corrected chi connectivity index (χ1v) is 12.2. The molecule has 2 aromatic carbocycles. The highest BCUT2D eigenvalue weighted by molar-refractivity contribution is 7.17. The van der Waals surface area contributed by atoms with Gasteiger partial charge in [0.25, 0.3) is 5.91 Å². The molecule has 33 heavy (non-hydrogen) atoms. The lowest BCUT2D eigenvalue weighted by atomic mass is 10.1. The molecule has 0 spiro atoms. The highest BCUT2D eigenvalue weighted by atomic mass is 35.5. The summed E-state index contributed by atoms with van der Waals surface area (Å²) in [4.78, 5) is 20.5. The molecular formula is C25H28ClN3O3S. The third kappa shape index (κ3) is 5.49. The second kappa shape index (κ2) is 10.5. The first kappa shape index (κ1) is 23.5. The molecule has 0 saturated carbocycles. The van der Waals surface area contributed by atoms with Crippen LogP contribution in [0.15, 0.2) is 42.5 Å². The Morgan fingerprint density at radius 2 is 1.97 bits per heavy atom. The molecule has 0 aliphatic carbocycles. The van der Waals surface area contributed by atoms with Crippen LogP contribution in [-0.4, -0.2) is 44.2 Å². The van der Waals surface area contributed by atoms with E-state index in [1.54, 1.807) is 12.0 Å². The second-order valence-corrected chi connectivity index (χ2v) is 9.73. The lowest BCUT2D eigenvalue weighted by molar-refractivity contribution is 0.0984. The number of fused-ring (bicyclic) bond motifs is 1. The lowest BCUT2D eigenvalue weighted by Gasteiger charge is -2.26. The van der Waals surface area contributed by atoms with Gasteiger partial charge in [-0.3, -0.25) is 4.79 Å². The van der Waals surface area contributed by atoms with E-state index in [-0.39, 0.29) is 5.91 Å². The van der Waals surface area contributed by atoms with Crippen LogP contribution < -0.4 is 19.7 Å². The van der Waals surface area contributed by atoms with Gasteiger partial charge in [-0.2, -0.15) is 0 Å². The predicted molar refractivity (Wildman–Crippen MR) is 134 cm³/mol. The summed E-state index contributed by atoms with van der Waals surface area (Å²) in [7, 11) is 1.61. The van der Waals surface area contributed by atoms with Crippen LogP contribution in [0.4, 0.5) is 5.69 Å². The molecule has 2 heterocycles. The Labute approximate surface area is 203 Å². The van der Waals surface area contributed by atoms with Crippen LogP contribution in [0.1, 0.15) is 29.2 Å². The van der Waals surface area contributed by atoms with E-state index in [0.717, 1.165) is 35.0 Å². The van der Waals surface area contributed by atoms with Gasteiger partial charge in [0.2, 0.25) is 0 Å². The first-order chi connectivity index (χ1) is 16.0. The van der Waals surface area contributed by atoms with Gasteiger partial charge in [0.1, 0.15) is 16.5 Å². The van der Waals surface area contributed by atoms with Gasteiger partial charge < -0.3 is 19.7 Å². The minimum absolute atomic E-state index is 0.0393. The molecule has 1 N–H and O–H groups in total. The average molecular weight is 486 g/mol. The van der Waals surface area contributed by atoms with E-state index in [0.29, 0.717) is 46.9 Å². The fourth-order valence-electron chi connectivity index (χ4n) is 3.66. The molecule has 8 heteroatoms. The number of aromatic nitrogens is 1. The molecule has 0 saturated heterocycles. The third-order valence-electron chi connectivity index (χ3n) is 5.35. The van der Waals surface area contributed by atoms with E-state index < -0.39 is 0 Å². The number of hydrogen-bond acceptors (Lipinski definition) is 6. The number of nitrogens with zero attached hydrogens (tertiary/aromatic N) is 2. The van der Waals surface area contributed by atoms with Crippen LogP contribution >= 0.6 is 22.9 Å². The molecule has 3 aromatic rings. The second-order valence-electron chi connectivity index (χ2n) is 8.29. The highest BCUT2D eigenvalue weighted by Gasteiger charge is 2.30. The topological polar surface area (TPSA) is 63.7 Å². The fourth-order valence-corrected chi connectivity index (χ4v) is 4.85. The van der Waals surface area contributed by atoms with Gasteiger partial charge in [0.05, 0.1) is 12.8 Å². The monoisotopic (exact) mass is 485 g/mol. The summed E-state index contributed by atoms with van der Waals surface area (Å²) < 4.78 is 11.4. The maximum atomic E-state index is 13.3. The molecule has 0 unspecified atom stereocenters. The van der Waals surface area contributed by atoms with E-state index in [1.165, 1.54) is 11.3 Å². The van der Waals surface area contributed by atoms with Crippen LogP contribution in [0.25, 0.3) is 10.6 Å². The van der Waals surface area contributed by atoms with Crippen molar-refractivity contribution in [1.82, 2.24) is 10.3 Å². The van der Waals surface area contributed by atoms with Crippen molar-refractivity contribution < 1.29 is 14.3 Å². The molecule has 1 aliphatic rings. The third-order valence-corrected chi connectivity index (χ3v) is 6.73.